The van der Waals surface area contributed by atoms with Gasteiger partial charge < -0.3 is 0 Å². The van der Waals surface area contributed by atoms with Gasteiger partial charge in [0, 0.05) is 43.0 Å². The molecule has 0 saturated carbocycles. The molecule has 1 aromatic rings. The Morgan fingerprint density at radius 3 is 2.41 bits per heavy atom. The van der Waals surface area contributed by atoms with Crippen molar-refractivity contribution in [2.75, 3.05) is 24.6 Å². The summed E-state index contributed by atoms with van der Waals surface area (Å²) in [5.74, 6) is 3.15. The molecule has 2 heterocycles. The number of carbonyl (C=O) groups excluding carboxylic acids is 1. The summed E-state index contributed by atoms with van der Waals surface area (Å²) >= 11 is 1.95. The zero-order valence-electron chi connectivity index (χ0n) is 9.84. The number of likely N-dealkylation sites (tertiary alicyclic amines) is 1. The van der Waals surface area contributed by atoms with E-state index in [0.29, 0.717) is 5.78 Å². The summed E-state index contributed by atoms with van der Waals surface area (Å²) in [4.78, 5) is 14.4. The number of piperidine rings is 1. The van der Waals surface area contributed by atoms with Gasteiger partial charge in [0.25, 0.3) is 0 Å². The summed E-state index contributed by atoms with van der Waals surface area (Å²) in [7, 11) is 0. The number of ketones is 1. The molecule has 0 aliphatic carbocycles. The second-order valence-corrected chi connectivity index (χ2v) is 6.09. The van der Waals surface area contributed by atoms with E-state index in [1.165, 1.54) is 5.56 Å². The number of rotatable bonds is 2. The number of hydrogen-bond donors (Lipinski definition) is 0. The molecule has 0 radical (unpaired) electrons. The molecule has 3 rings (SSSR count). The topological polar surface area (TPSA) is 20.3 Å². The van der Waals surface area contributed by atoms with Crippen LogP contribution in [0.3, 0.4) is 0 Å². The first-order valence-corrected chi connectivity index (χ1v) is 7.36. The molecule has 17 heavy (non-hydrogen) atoms. The Morgan fingerprint density at radius 1 is 1.12 bits per heavy atom. The van der Waals surface area contributed by atoms with Gasteiger partial charge in [0.05, 0.1) is 0 Å². The number of carbonyl (C=O) groups is 1. The van der Waals surface area contributed by atoms with Crippen LogP contribution in [0, 0.1) is 11.8 Å². The highest BCUT2D eigenvalue weighted by Crippen LogP contribution is 2.30. The van der Waals surface area contributed by atoms with E-state index in [4.69, 9.17) is 0 Å². The standard InChI is InChI=1S/C14H17NOS/c16-14-12-7-15(8-13(14)10-17-9-12)6-11-4-2-1-3-5-11/h1-5,12-13H,6-10H2/t12-,13+. The Kier molecular flexibility index (Phi) is 3.21. The number of benzene rings is 1. The minimum absolute atomic E-state index is 0.288. The average molecular weight is 247 g/mol. The van der Waals surface area contributed by atoms with E-state index in [2.05, 4.69) is 35.2 Å². The highest BCUT2D eigenvalue weighted by molar-refractivity contribution is 7.99. The first kappa shape index (κ1) is 11.3. The fourth-order valence-electron chi connectivity index (χ4n) is 2.80. The summed E-state index contributed by atoms with van der Waals surface area (Å²) in [5, 5.41) is 0. The molecular formula is C14H17NOS. The highest BCUT2D eigenvalue weighted by Gasteiger charge is 2.38. The average Bonchev–Trinajstić information content (AvgIpc) is 2.32. The summed E-state index contributed by atoms with van der Waals surface area (Å²) in [5.41, 5.74) is 1.35. The van der Waals surface area contributed by atoms with Crippen molar-refractivity contribution in [3.05, 3.63) is 35.9 Å². The van der Waals surface area contributed by atoms with Crippen LogP contribution in [-0.4, -0.2) is 35.3 Å². The number of Topliss-reactive ketones (excluding diaryl/α,β-unsaturated/α-hetero) is 1. The van der Waals surface area contributed by atoms with Crippen molar-refractivity contribution in [2.45, 2.75) is 6.54 Å². The third kappa shape index (κ3) is 2.40. The Labute approximate surface area is 106 Å². The highest BCUT2D eigenvalue weighted by atomic mass is 32.2. The molecule has 90 valence electrons. The van der Waals surface area contributed by atoms with E-state index in [0.717, 1.165) is 31.1 Å². The summed E-state index contributed by atoms with van der Waals surface area (Å²) in [6, 6.07) is 10.6. The van der Waals surface area contributed by atoms with Crippen molar-refractivity contribution in [3.8, 4) is 0 Å². The lowest BCUT2D eigenvalue weighted by Gasteiger charge is -2.39. The van der Waals surface area contributed by atoms with E-state index >= 15 is 0 Å². The lowest BCUT2D eigenvalue weighted by molar-refractivity contribution is -0.130. The smallest absolute Gasteiger partial charge is 0.143 e. The molecular weight excluding hydrogens is 230 g/mol. The van der Waals surface area contributed by atoms with Crippen LogP contribution < -0.4 is 0 Å². The first-order valence-electron chi connectivity index (χ1n) is 6.20. The van der Waals surface area contributed by atoms with Crippen LogP contribution in [0.2, 0.25) is 0 Å². The van der Waals surface area contributed by atoms with Crippen LogP contribution in [0.4, 0.5) is 0 Å². The first-order chi connectivity index (χ1) is 8.33. The maximum atomic E-state index is 12.0. The van der Waals surface area contributed by atoms with E-state index in [9.17, 15) is 4.79 Å². The van der Waals surface area contributed by atoms with Gasteiger partial charge in [-0.3, -0.25) is 9.69 Å². The van der Waals surface area contributed by atoms with Crippen LogP contribution >= 0.6 is 11.8 Å². The van der Waals surface area contributed by atoms with Gasteiger partial charge in [-0.15, -0.1) is 0 Å². The lowest BCUT2D eigenvalue weighted by Crippen LogP contribution is -2.50. The molecule has 2 saturated heterocycles. The van der Waals surface area contributed by atoms with Crippen LogP contribution in [-0.2, 0) is 11.3 Å². The molecule has 2 aliphatic heterocycles. The number of hydrogen-bond acceptors (Lipinski definition) is 3. The zero-order valence-corrected chi connectivity index (χ0v) is 10.7. The molecule has 0 amide bonds. The number of fused-ring (bicyclic) bond motifs is 2. The Bertz CT molecular complexity index is 390. The van der Waals surface area contributed by atoms with Gasteiger partial charge in [0.15, 0.2) is 0 Å². The van der Waals surface area contributed by atoms with Crippen LogP contribution in [0.25, 0.3) is 0 Å². The molecule has 0 aromatic heterocycles. The molecule has 2 bridgehead atoms. The summed E-state index contributed by atoms with van der Waals surface area (Å²) in [6.45, 7) is 2.90. The van der Waals surface area contributed by atoms with Gasteiger partial charge in [0.2, 0.25) is 0 Å². The zero-order chi connectivity index (χ0) is 11.7. The second-order valence-electron chi connectivity index (χ2n) is 5.01. The van der Waals surface area contributed by atoms with Gasteiger partial charge in [-0.05, 0) is 5.56 Å². The third-order valence-electron chi connectivity index (χ3n) is 3.65. The maximum Gasteiger partial charge on any atom is 0.143 e. The van der Waals surface area contributed by atoms with Crippen LogP contribution in [0.5, 0.6) is 0 Å². The van der Waals surface area contributed by atoms with Crippen molar-refractivity contribution < 1.29 is 4.79 Å². The monoisotopic (exact) mass is 247 g/mol. The van der Waals surface area contributed by atoms with Gasteiger partial charge in [-0.25, -0.2) is 0 Å². The second kappa shape index (κ2) is 4.83. The third-order valence-corrected chi connectivity index (χ3v) is 4.93. The number of thioether (sulfide) groups is 1. The predicted octanol–water partition coefficient (Wildman–Crippen LogP) is 2.05. The van der Waals surface area contributed by atoms with Gasteiger partial charge in [-0.2, -0.15) is 11.8 Å². The quantitative estimate of drug-likeness (QED) is 0.798. The lowest BCUT2D eigenvalue weighted by atomic mass is 9.89. The van der Waals surface area contributed by atoms with Crippen molar-refractivity contribution in [3.63, 3.8) is 0 Å². The Balaban J connectivity index is 1.68. The Morgan fingerprint density at radius 2 is 1.76 bits per heavy atom. The van der Waals surface area contributed by atoms with Crippen molar-refractivity contribution in [1.82, 2.24) is 4.90 Å². The molecule has 1 aromatic carbocycles. The predicted molar refractivity (Wildman–Crippen MR) is 71.0 cm³/mol. The molecule has 2 atom stereocenters. The summed E-state index contributed by atoms with van der Waals surface area (Å²) in [6.07, 6.45) is 0. The van der Waals surface area contributed by atoms with Crippen molar-refractivity contribution in [1.29, 1.82) is 0 Å². The van der Waals surface area contributed by atoms with E-state index < -0.39 is 0 Å². The fraction of sp³-hybridized carbons (Fsp3) is 0.500. The van der Waals surface area contributed by atoms with Gasteiger partial charge >= 0.3 is 0 Å². The largest absolute Gasteiger partial charge is 0.299 e. The van der Waals surface area contributed by atoms with E-state index in [1.54, 1.807) is 0 Å². The van der Waals surface area contributed by atoms with Crippen LogP contribution in [0.1, 0.15) is 5.56 Å². The van der Waals surface area contributed by atoms with Crippen LogP contribution in [0.15, 0.2) is 30.3 Å². The van der Waals surface area contributed by atoms with E-state index in [1.807, 2.05) is 11.8 Å². The molecule has 0 unspecified atom stereocenters. The molecule has 2 nitrogen and oxygen atoms in total. The molecule has 2 fully saturated rings. The van der Waals surface area contributed by atoms with Crippen molar-refractivity contribution >= 4 is 17.5 Å². The number of nitrogens with zero attached hydrogens (tertiary/aromatic N) is 1. The molecule has 3 heteroatoms. The fourth-order valence-corrected chi connectivity index (χ4v) is 4.05. The SMILES string of the molecule is O=C1[C@@H]2CSC[C@H]1CN(Cc1ccccc1)C2. The molecule has 0 N–H and O–H groups in total. The molecule has 2 aliphatic rings. The minimum Gasteiger partial charge on any atom is -0.299 e. The van der Waals surface area contributed by atoms with E-state index in [-0.39, 0.29) is 11.8 Å². The molecule has 0 spiro atoms. The maximum absolute atomic E-state index is 12.0. The minimum atomic E-state index is 0.288. The summed E-state index contributed by atoms with van der Waals surface area (Å²) < 4.78 is 0. The van der Waals surface area contributed by atoms with Crippen molar-refractivity contribution in [2.24, 2.45) is 11.8 Å². The normalized spacial score (nSPS) is 29.3. The van der Waals surface area contributed by atoms with Gasteiger partial charge in [-0.1, -0.05) is 30.3 Å². The van der Waals surface area contributed by atoms with Gasteiger partial charge in [0.1, 0.15) is 5.78 Å². The Hall–Kier alpha value is -0.800.